The fourth-order valence-electron chi connectivity index (χ4n) is 3.22. The number of piperidine rings is 1. The Labute approximate surface area is 153 Å². The van der Waals surface area contributed by atoms with Crippen LogP contribution in [-0.4, -0.2) is 35.1 Å². The first-order chi connectivity index (χ1) is 12.0. The lowest BCUT2D eigenvalue weighted by Gasteiger charge is -2.33. The highest BCUT2D eigenvalue weighted by Gasteiger charge is 2.27. The van der Waals surface area contributed by atoms with Crippen molar-refractivity contribution in [2.45, 2.75) is 31.8 Å². The molecule has 0 radical (unpaired) electrons. The molecule has 1 unspecified atom stereocenters. The first-order valence-electron chi connectivity index (χ1n) is 8.53. The molecule has 1 aliphatic heterocycles. The molecule has 1 N–H and O–H groups in total. The normalized spacial score (nSPS) is 16.5. The molecule has 1 fully saturated rings. The number of rotatable bonds is 4. The molecule has 1 amide bonds. The summed E-state index contributed by atoms with van der Waals surface area (Å²) in [7, 11) is 0. The van der Waals surface area contributed by atoms with Gasteiger partial charge in [-0.2, -0.15) is 0 Å². The molecule has 1 aliphatic rings. The number of likely N-dealkylation sites (tertiary alicyclic amines) is 1. The number of halogens is 1. The van der Waals surface area contributed by atoms with E-state index in [1.165, 1.54) is 5.56 Å². The van der Waals surface area contributed by atoms with Crippen molar-refractivity contribution in [3.63, 3.8) is 0 Å². The van der Waals surface area contributed by atoms with Crippen molar-refractivity contribution in [1.82, 2.24) is 4.90 Å². The van der Waals surface area contributed by atoms with Gasteiger partial charge in [0, 0.05) is 13.1 Å². The molecule has 0 aromatic heterocycles. The molecule has 132 valence electrons. The molecule has 0 saturated carbocycles. The number of nitrogens with zero attached hydrogens (tertiary/aromatic N) is 1. The Hall–Kier alpha value is -2.20. The van der Waals surface area contributed by atoms with Gasteiger partial charge in [-0.3, -0.25) is 4.79 Å². The largest absolute Gasteiger partial charge is 0.508 e. The van der Waals surface area contributed by atoms with Crippen LogP contribution < -0.4 is 4.74 Å². The second-order valence-electron chi connectivity index (χ2n) is 6.38. The van der Waals surface area contributed by atoms with Gasteiger partial charge in [-0.05, 0) is 55.5 Å². The van der Waals surface area contributed by atoms with Gasteiger partial charge in [-0.15, -0.1) is 0 Å². The van der Waals surface area contributed by atoms with E-state index in [0.717, 1.165) is 12.8 Å². The molecule has 1 heterocycles. The zero-order chi connectivity index (χ0) is 17.8. The zero-order valence-electron chi connectivity index (χ0n) is 14.2. The maximum atomic E-state index is 12.6. The molecule has 3 rings (SSSR count). The summed E-state index contributed by atoms with van der Waals surface area (Å²) in [6.07, 6.45) is 1.26. The van der Waals surface area contributed by atoms with Crippen LogP contribution in [0.2, 0.25) is 5.02 Å². The SMILES string of the molecule is CC(Oc1ccccc1Cl)C(=O)N1CCC(c2ccc(O)cc2)CC1. The van der Waals surface area contributed by atoms with E-state index < -0.39 is 6.10 Å². The smallest absolute Gasteiger partial charge is 0.263 e. The summed E-state index contributed by atoms with van der Waals surface area (Å²) in [6.45, 7) is 3.18. The maximum absolute atomic E-state index is 12.6. The van der Waals surface area contributed by atoms with Crippen molar-refractivity contribution < 1.29 is 14.6 Å². The number of amides is 1. The van der Waals surface area contributed by atoms with Crippen molar-refractivity contribution in [2.75, 3.05) is 13.1 Å². The minimum absolute atomic E-state index is 0.0101. The van der Waals surface area contributed by atoms with Crippen LogP contribution in [0.25, 0.3) is 0 Å². The Bertz CT molecular complexity index is 724. The highest BCUT2D eigenvalue weighted by atomic mass is 35.5. The highest BCUT2D eigenvalue weighted by molar-refractivity contribution is 6.32. The van der Waals surface area contributed by atoms with E-state index in [4.69, 9.17) is 16.3 Å². The number of para-hydroxylation sites is 1. The van der Waals surface area contributed by atoms with Gasteiger partial charge in [0.15, 0.2) is 6.10 Å². The fourth-order valence-corrected chi connectivity index (χ4v) is 3.40. The van der Waals surface area contributed by atoms with Gasteiger partial charge in [0.2, 0.25) is 0 Å². The number of phenolic OH excluding ortho intramolecular Hbond substituents is 1. The highest BCUT2D eigenvalue weighted by Crippen LogP contribution is 2.30. The van der Waals surface area contributed by atoms with Crippen LogP contribution in [0, 0.1) is 0 Å². The minimum Gasteiger partial charge on any atom is -0.508 e. The monoisotopic (exact) mass is 359 g/mol. The molecule has 1 saturated heterocycles. The van der Waals surface area contributed by atoms with E-state index in [0.29, 0.717) is 29.8 Å². The second kappa shape index (κ2) is 7.79. The number of carbonyl (C=O) groups excluding carboxylic acids is 1. The van der Waals surface area contributed by atoms with E-state index in [-0.39, 0.29) is 11.7 Å². The third-order valence-corrected chi connectivity index (χ3v) is 4.97. The number of hydrogen-bond donors (Lipinski definition) is 1. The van der Waals surface area contributed by atoms with Crippen LogP contribution >= 0.6 is 11.6 Å². The number of benzene rings is 2. The lowest BCUT2D eigenvalue weighted by Crippen LogP contribution is -2.44. The maximum Gasteiger partial charge on any atom is 0.263 e. The van der Waals surface area contributed by atoms with Crippen molar-refractivity contribution in [3.8, 4) is 11.5 Å². The van der Waals surface area contributed by atoms with Gasteiger partial charge < -0.3 is 14.7 Å². The summed E-state index contributed by atoms with van der Waals surface area (Å²) in [5.74, 6) is 1.22. The van der Waals surface area contributed by atoms with Crippen LogP contribution in [0.4, 0.5) is 0 Å². The zero-order valence-corrected chi connectivity index (χ0v) is 14.9. The van der Waals surface area contributed by atoms with Gasteiger partial charge >= 0.3 is 0 Å². The van der Waals surface area contributed by atoms with Crippen molar-refractivity contribution in [1.29, 1.82) is 0 Å². The topological polar surface area (TPSA) is 49.8 Å². The number of carbonyl (C=O) groups is 1. The quantitative estimate of drug-likeness (QED) is 0.889. The van der Waals surface area contributed by atoms with E-state index in [2.05, 4.69) is 0 Å². The predicted molar refractivity (Wildman–Crippen MR) is 98.2 cm³/mol. The van der Waals surface area contributed by atoms with Gasteiger partial charge in [0.25, 0.3) is 5.91 Å². The summed E-state index contributed by atoms with van der Waals surface area (Å²) >= 11 is 6.09. The standard InChI is InChI=1S/C20H22ClNO3/c1-14(25-19-5-3-2-4-18(19)21)20(24)22-12-10-16(11-13-22)15-6-8-17(23)9-7-15/h2-9,14,16,23H,10-13H2,1H3. The van der Waals surface area contributed by atoms with E-state index in [1.54, 1.807) is 31.2 Å². The molecule has 4 nitrogen and oxygen atoms in total. The van der Waals surface area contributed by atoms with Gasteiger partial charge in [0.05, 0.1) is 5.02 Å². The Morgan fingerprint density at radius 2 is 1.80 bits per heavy atom. The number of phenols is 1. The number of aromatic hydroxyl groups is 1. The molecular weight excluding hydrogens is 338 g/mol. The predicted octanol–water partition coefficient (Wildman–Crippen LogP) is 4.22. The Balaban J connectivity index is 1.56. The van der Waals surface area contributed by atoms with Crippen molar-refractivity contribution >= 4 is 17.5 Å². The van der Waals surface area contributed by atoms with Gasteiger partial charge in [0.1, 0.15) is 11.5 Å². The molecule has 2 aromatic carbocycles. The molecular formula is C20H22ClNO3. The summed E-state index contributed by atoms with van der Waals surface area (Å²) in [6, 6.07) is 14.5. The first kappa shape index (κ1) is 17.6. The molecule has 1 atom stereocenters. The van der Waals surface area contributed by atoms with Crippen molar-refractivity contribution in [3.05, 3.63) is 59.1 Å². The lowest BCUT2D eigenvalue weighted by atomic mass is 9.89. The fraction of sp³-hybridized carbons (Fsp3) is 0.350. The van der Waals surface area contributed by atoms with Gasteiger partial charge in [-0.1, -0.05) is 35.9 Å². The lowest BCUT2D eigenvalue weighted by molar-refractivity contribution is -0.139. The third kappa shape index (κ3) is 4.26. The van der Waals surface area contributed by atoms with Crippen LogP contribution in [0.3, 0.4) is 0 Å². The van der Waals surface area contributed by atoms with Crippen LogP contribution in [0.5, 0.6) is 11.5 Å². The summed E-state index contributed by atoms with van der Waals surface area (Å²) in [5, 5.41) is 9.90. The Morgan fingerprint density at radius 3 is 2.44 bits per heavy atom. The minimum atomic E-state index is -0.565. The van der Waals surface area contributed by atoms with E-state index in [1.807, 2.05) is 29.2 Å². The van der Waals surface area contributed by atoms with Crippen LogP contribution in [0.15, 0.2) is 48.5 Å². The third-order valence-electron chi connectivity index (χ3n) is 4.66. The molecule has 5 heteroatoms. The van der Waals surface area contributed by atoms with Crippen molar-refractivity contribution in [2.24, 2.45) is 0 Å². The molecule has 0 bridgehead atoms. The molecule has 25 heavy (non-hydrogen) atoms. The summed E-state index contributed by atoms with van der Waals surface area (Å²) in [4.78, 5) is 14.5. The molecule has 0 spiro atoms. The Morgan fingerprint density at radius 1 is 1.16 bits per heavy atom. The Kier molecular flexibility index (Phi) is 5.49. The van der Waals surface area contributed by atoms with E-state index in [9.17, 15) is 9.90 Å². The van der Waals surface area contributed by atoms with E-state index >= 15 is 0 Å². The summed E-state index contributed by atoms with van der Waals surface area (Å²) < 4.78 is 5.73. The average molecular weight is 360 g/mol. The number of hydrogen-bond acceptors (Lipinski definition) is 3. The van der Waals surface area contributed by atoms with Gasteiger partial charge in [-0.25, -0.2) is 0 Å². The first-order valence-corrected chi connectivity index (χ1v) is 8.91. The van der Waals surface area contributed by atoms with Crippen LogP contribution in [-0.2, 0) is 4.79 Å². The van der Waals surface area contributed by atoms with Crippen LogP contribution in [0.1, 0.15) is 31.2 Å². The molecule has 0 aliphatic carbocycles. The molecule has 2 aromatic rings. The summed E-state index contributed by atoms with van der Waals surface area (Å²) in [5.41, 5.74) is 1.21. The number of ether oxygens (including phenoxy) is 1. The average Bonchev–Trinajstić information content (AvgIpc) is 2.64. The second-order valence-corrected chi connectivity index (χ2v) is 6.79.